The minimum atomic E-state index is -2.97. The fourth-order valence-corrected chi connectivity index (χ4v) is 8.77. The molecule has 0 radical (unpaired) electrons. The third-order valence-electron chi connectivity index (χ3n) is 12.7. The van der Waals surface area contributed by atoms with E-state index in [2.05, 4.69) is 61.6 Å². The highest BCUT2D eigenvalue weighted by molar-refractivity contribution is 7.98. The highest BCUT2D eigenvalue weighted by atomic mass is 32.2. The van der Waals surface area contributed by atoms with Crippen LogP contribution in [0.3, 0.4) is 0 Å². The highest BCUT2D eigenvalue weighted by Gasteiger charge is 2.47. The van der Waals surface area contributed by atoms with E-state index in [0.29, 0.717) is 60.9 Å². The van der Waals surface area contributed by atoms with Crippen LogP contribution in [0.2, 0.25) is 0 Å². The topological polar surface area (TPSA) is 378 Å². The maximum Gasteiger partial charge on any atom is 0.407 e. The van der Waals surface area contributed by atoms with Gasteiger partial charge in [-0.25, -0.2) is 46.1 Å². The number of carbonyl (C=O) groups excluding carboxylic acids is 3. The lowest BCUT2D eigenvalue weighted by Crippen LogP contribution is -2.59. The molecule has 2 aromatic carbocycles. The van der Waals surface area contributed by atoms with Gasteiger partial charge in [-0.1, -0.05) is 46.2 Å². The van der Waals surface area contributed by atoms with Crippen molar-refractivity contribution in [2.24, 2.45) is 34.4 Å². The maximum atomic E-state index is 14.0. The van der Waals surface area contributed by atoms with Crippen molar-refractivity contribution in [2.45, 2.75) is 166 Å². The number of primary amides is 2. The van der Waals surface area contributed by atoms with Crippen molar-refractivity contribution in [3.63, 3.8) is 0 Å². The number of alkyl carbamates (subject to hydrolysis) is 1. The molecule has 6 atom stereocenters. The fraction of sp³-hybridized carbons (Fsp3) is 0.491. The van der Waals surface area contributed by atoms with Crippen LogP contribution in [0.5, 0.6) is 0 Å². The smallest absolute Gasteiger partial charge is 0.407 e. The van der Waals surface area contributed by atoms with Crippen molar-refractivity contribution in [2.75, 3.05) is 22.2 Å². The van der Waals surface area contributed by atoms with Gasteiger partial charge < -0.3 is 60.4 Å². The third-order valence-corrected chi connectivity index (χ3v) is 13.3. The van der Waals surface area contributed by atoms with E-state index in [1.165, 1.54) is 33.7 Å². The molecule has 6 aromatic rings. The first-order valence-corrected chi connectivity index (χ1v) is 26.7. The van der Waals surface area contributed by atoms with E-state index in [-0.39, 0.29) is 64.4 Å². The lowest BCUT2D eigenvalue weighted by atomic mass is 9.87. The lowest BCUT2D eigenvalue weighted by molar-refractivity contribution is -0.0631. The molecule has 3 fully saturated rings. The number of amides is 3. The van der Waals surface area contributed by atoms with Crippen LogP contribution in [0.1, 0.15) is 122 Å². The van der Waals surface area contributed by atoms with Crippen molar-refractivity contribution in [1.82, 2.24) is 55.2 Å². The van der Waals surface area contributed by atoms with Crippen LogP contribution in [0.25, 0.3) is 11.4 Å². The second-order valence-corrected chi connectivity index (χ2v) is 20.8. The number of aromatic nitrogens is 10. The van der Waals surface area contributed by atoms with E-state index in [4.69, 9.17) is 39.1 Å². The maximum absolute atomic E-state index is 14.0. The molecule has 3 aliphatic rings. The molecule has 0 bridgehead atoms. The van der Waals surface area contributed by atoms with Gasteiger partial charge in [0.05, 0.1) is 66.4 Å². The number of alkyl halides is 6. The van der Waals surface area contributed by atoms with E-state index in [0.717, 1.165) is 11.4 Å². The molecule has 0 unspecified atom stereocenters. The molecule has 0 spiro atoms. The first kappa shape index (κ1) is 70.5. The lowest BCUT2D eigenvalue weighted by Gasteiger charge is -2.36. The zero-order chi connectivity index (χ0) is 59.3. The Kier molecular flexibility index (Phi) is 25.8. The summed E-state index contributed by atoms with van der Waals surface area (Å²) in [6, 6.07) is 8.68. The van der Waals surface area contributed by atoms with Crippen LogP contribution < -0.4 is 55.7 Å². The Labute approximate surface area is 488 Å². The van der Waals surface area contributed by atoms with Crippen molar-refractivity contribution >= 4 is 58.6 Å². The van der Waals surface area contributed by atoms with Crippen molar-refractivity contribution in [3.8, 4) is 11.4 Å². The molecule has 4 aromatic heterocycles. The minimum absolute atomic E-state index is 0. The van der Waals surface area contributed by atoms with Gasteiger partial charge in [-0.15, -0.1) is 0 Å². The Morgan fingerprint density at radius 2 is 1.06 bits per heavy atom. The quantitative estimate of drug-likeness (QED) is 0.0317. The predicted molar refractivity (Wildman–Crippen MR) is 311 cm³/mol. The summed E-state index contributed by atoms with van der Waals surface area (Å²) in [5.74, 6) is -9.39. The molecule has 462 valence electrons. The number of nitrogens with zero attached hydrogens (tertiary/aromatic N) is 10. The summed E-state index contributed by atoms with van der Waals surface area (Å²) in [7, 11) is 0. The van der Waals surface area contributed by atoms with Crippen LogP contribution in [-0.2, 0) is 4.74 Å². The second kappa shape index (κ2) is 30.7. The zero-order valence-corrected chi connectivity index (χ0v) is 45.5. The Balaban J connectivity index is 0.000000310. The van der Waals surface area contributed by atoms with Crippen LogP contribution in [0, 0.1) is 0 Å². The molecule has 0 aliphatic heterocycles. The van der Waals surface area contributed by atoms with Gasteiger partial charge in [0.2, 0.25) is 5.95 Å². The number of benzene rings is 2. The largest absolute Gasteiger partial charge is 0.444 e. The summed E-state index contributed by atoms with van der Waals surface area (Å²) in [6.45, 7) is 5.13. The van der Waals surface area contributed by atoms with Crippen LogP contribution in [0.4, 0.5) is 60.1 Å². The van der Waals surface area contributed by atoms with Crippen LogP contribution in [0.15, 0.2) is 90.9 Å². The zero-order valence-electron chi connectivity index (χ0n) is 44.7. The molecule has 0 saturated heterocycles. The van der Waals surface area contributed by atoms with Crippen molar-refractivity contribution in [3.05, 3.63) is 96.8 Å². The van der Waals surface area contributed by atoms with Gasteiger partial charge in [-0.2, -0.15) is 35.0 Å². The van der Waals surface area contributed by atoms with Crippen LogP contribution >= 0.6 is 11.8 Å². The molecule has 3 amide bonds. The molecular formula is C53H78F6N20O4S. The molecule has 3 aliphatic carbocycles. The summed E-state index contributed by atoms with van der Waals surface area (Å²) in [5, 5.41) is 28.3. The van der Waals surface area contributed by atoms with Crippen LogP contribution in [-0.4, -0.2) is 134 Å². The third kappa shape index (κ3) is 19.7. The number of rotatable bonds is 12. The monoisotopic (exact) mass is 1200 g/mol. The normalized spacial score (nSPS) is 20.8. The average molecular weight is 1210 g/mol. The summed E-state index contributed by atoms with van der Waals surface area (Å²) < 4.78 is 84.8. The SMILES string of the molecule is C.C.C.CC(C)(C)OC(=O)N[C@H]1CCCC(F)(F)[C@H]1N.CSc1ncc(C(N)=O)c(Nc2cccc(-n3nccn3)c2)n1.NC(=O)c1cnc(N[C@H]2CCCC(F)(F)[C@H]2N)nc1Nc1cccc(-n2nccn2)c1.N[C@H]1CCCC(F)(F)[C@H]1N. The van der Waals surface area contributed by atoms with Crippen molar-refractivity contribution < 1.29 is 45.5 Å². The van der Waals surface area contributed by atoms with Gasteiger partial charge in [0.1, 0.15) is 28.4 Å². The van der Waals surface area contributed by atoms with Gasteiger partial charge in [-0.05, 0) is 102 Å². The summed E-state index contributed by atoms with van der Waals surface area (Å²) in [5.41, 5.74) is 34.9. The standard InChI is InChI=1S/C19H21F2N9O.C14H13N7OS.C11H20F2N2O2.C6H12F2N2.3CH4/c20-19(21)6-2-5-14(15(19)22)28-18-24-10-13(16(23)31)17(29-18)27-11-3-1-4-12(9-11)30-25-7-8-26-30;1-23-14-16-8-11(12(15)22)13(20-14)19-9-3-2-4-10(7-9)21-17-5-6-18-21;1-10(2,3)17-9(16)15-7-5-4-6-11(12,13)8(7)14;7-6(8)3-1-2-4(9)5(6)10;;;/h1,3-4,7-10,14-15H,2,5-6,22H2,(H2,23,31)(H2,24,27,28,29);2-8H,1H3,(H2,15,22)(H,16,19,20);7-8H,4-6,14H2,1-3H3,(H,15,16);4-5H,1-3,9-10H2;3*1H4/t14-,15-;;7-,8-;4-,5-;;;/m0.00.../s1. The van der Waals surface area contributed by atoms with Gasteiger partial charge in [0.25, 0.3) is 29.6 Å². The first-order chi connectivity index (χ1) is 38.2. The van der Waals surface area contributed by atoms with Gasteiger partial charge in [-0.3, -0.25) is 9.59 Å². The molecule has 84 heavy (non-hydrogen) atoms. The molecule has 31 heteroatoms. The number of thioether (sulfide) groups is 1. The van der Waals surface area contributed by atoms with Gasteiger partial charge in [0, 0.05) is 49.1 Å². The number of ether oxygens (including phenoxy) is 1. The molecule has 9 rings (SSSR count). The number of hydrogen-bond acceptors (Lipinski definition) is 20. The molecule has 16 N–H and O–H groups in total. The summed E-state index contributed by atoms with van der Waals surface area (Å²) >= 11 is 1.38. The Morgan fingerprint density at radius 1 is 0.631 bits per heavy atom. The van der Waals surface area contributed by atoms with E-state index >= 15 is 0 Å². The second-order valence-electron chi connectivity index (χ2n) is 20.0. The Bertz CT molecular complexity index is 3030. The van der Waals surface area contributed by atoms with E-state index in [1.807, 2.05) is 30.5 Å². The van der Waals surface area contributed by atoms with Gasteiger partial charge in [0.15, 0.2) is 5.16 Å². The first-order valence-electron chi connectivity index (χ1n) is 25.4. The number of halogens is 6. The summed E-state index contributed by atoms with van der Waals surface area (Å²) in [6.07, 6.45) is 12.2. The summed E-state index contributed by atoms with van der Waals surface area (Å²) in [4.78, 5) is 54.5. The number of carbonyl (C=O) groups is 3. The molecule has 24 nitrogen and oxygen atoms in total. The number of hydrogen-bond donors (Lipinski definition) is 10. The number of nitrogens with one attached hydrogen (secondary N) is 4. The number of nitrogens with two attached hydrogens (primary N) is 6. The van der Waals surface area contributed by atoms with E-state index in [1.54, 1.807) is 69.8 Å². The Morgan fingerprint density at radius 3 is 1.50 bits per heavy atom. The fourth-order valence-electron chi connectivity index (χ4n) is 8.43. The Hall–Kier alpha value is -7.74. The molecule has 3 saturated carbocycles. The van der Waals surface area contributed by atoms with E-state index < -0.39 is 77.5 Å². The van der Waals surface area contributed by atoms with Crippen molar-refractivity contribution in [1.29, 1.82) is 0 Å². The minimum Gasteiger partial charge on any atom is -0.444 e. The predicted octanol–water partition coefficient (Wildman–Crippen LogP) is 7.84. The van der Waals surface area contributed by atoms with Gasteiger partial charge >= 0.3 is 6.09 Å². The average Bonchev–Trinajstić information content (AvgIpc) is 4.24. The van der Waals surface area contributed by atoms with E-state index in [9.17, 15) is 40.7 Å². The number of anilines is 5. The molecular weight excluding hydrogens is 1130 g/mol. The molecule has 4 heterocycles. The highest BCUT2D eigenvalue weighted by Crippen LogP contribution is 2.35.